The summed E-state index contributed by atoms with van der Waals surface area (Å²) in [5, 5.41) is 8.24. The highest BCUT2D eigenvalue weighted by Crippen LogP contribution is 2.11. The van der Waals surface area contributed by atoms with Crippen LogP contribution in [0, 0.1) is 0 Å². The van der Waals surface area contributed by atoms with Gasteiger partial charge in [-0.25, -0.2) is 0 Å². The van der Waals surface area contributed by atoms with Crippen LogP contribution in [0.25, 0.3) is 0 Å². The summed E-state index contributed by atoms with van der Waals surface area (Å²) >= 11 is 0. The minimum Gasteiger partial charge on any atom is -0.313 e. The second kappa shape index (κ2) is 7.99. The fourth-order valence-corrected chi connectivity index (χ4v) is 2.65. The van der Waals surface area contributed by atoms with Gasteiger partial charge < -0.3 is 5.32 Å². The molecule has 1 N–H and O–H groups in total. The van der Waals surface area contributed by atoms with E-state index in [0.29, 0.717) is 6.04 Å². The Morgan fingerprint density at radius 3 is 2.52 bits per heavy atom. The normalized spacial score (nSPS) is 12.5. The van der Waals surface area contributed by atoms with Crippen molar-refractivity contribution in [3.8, 4) is 0 Å². The molecule has 2 rings (SSSR count). The van der Waals surface area contributed by atoms with Gasteiger partial charge in [0.1, 0.15) is 0 Å². The van der Waals surface area contributed by atoms with E-state index >= 15 is 0 Å². The summed E-state index contributed by atoms with van der Waals surface area (Å²) in [4.78, 5) is 0. The van der Waals surface area contributed by atoms with Gasteiger partial charge in [-0.1, -0.05) is 44.2 Å². The standard InChI is InChI=1S/C18H27N3/c1-4-11-19-17(12-15-9-7-6-8-10-15)14-18-13-16(5-2)20-21(18)3/h6-10,13,17,19H,4-5,11-12,14H2,1-3H3. The Labute approximate surface area is 128 Å². The summed E-state index contributed by atoms with van der Waals surface area (Å²) < 4.78 is 2.03. The van der Waals surface area contributed by atoms with Crippen LogP contribution in [0.1, 0.15) is 37.2 Å². The highest BCUT2D eigenvalue weighted by Gasteiger charge is 2.13. The van der Waals surface area contributed by atoms with Gasteiger partial charge in [0.05, 0.1) is 5.69 Å². The Balaban J connectivity index is 2.06. The summed E-state index contributed by atoms with van der Waals surface area (Å²) in [5.41, 5.74) is 3.89. The van der Waals surface area contributed by atoms with Crippen LogP contribution < -0.4 is 5.32 Å². The molecule has 1 aromatic heterocycles. The number of hydrogen-bond acceptors (Lipinski definition) is 2. The van der Waals surface area contributed by atoms with E-state index in [2.05, 4.69) is 60.7 Å². The van der Waals surface area contributed by atoms with Crippen LogP contribution in [0.2, 0.25) is 0 Å². The number of benzene rings is 1. The van der Waals surface area contributed by atoms with Crippen LogP contribution in [-0.2, 0) is 26.3 Å². The lowest BCUT2D eigenvalue weighted by atomic mass is 10.0. The molecule has 0 aliphatic rings. The van der Waals surface area contributed by atoms with Crippen molar-refractivity contribution >= 4 is 0 Å². The van der Waals surface area contributed by atoms with Crippen LogP contribution >= 0.6 is 0 Å². The zero-order chi connectivity index (χ0) is 15.1. The van der Waals surface area contributed by atoms with Crippen molar-refractivity contribution in [3.63, 3.8) is 0 Å². The lowest BCUT2D eigenvalue weighted by Crippen LogP contribution is -2.34. The van der Waals surface area contributed by atoms with E-state index in [1.807, 2.05) is 11.7 Å². The van der Waals surface area contributed by atoms with Crippen molar-refractivity contribution in [2.75, 3.05) is 6.54 Å². The van der Waals surface area contributed by atoms with E-state index in [1.54, 1.807) is 0 Å². The van der Waals surface area contributed by atoms with Crippen molar-refractivity contribution in [3.05, 3.63) is 53.3 Å². The summed E-state index contributed by atoms with van der Waals surface area (Å²) in [5.74, 6) is 0. The second-order valence-corrected chi connectivity index (χ2v) is 5.65. The van der Waals surface area contributed by atoms with Crippen LogP contribution in [0.3, 0.4) is 0 Å². The van der Waals surface area contributed by atoms with Crippen molar-refractivity contribution in [2.24, 2.45) is 7.05 Å². The summed E-state index contributed by atoms with van der Waals surface area (Å²) in [6.45, 7) is 5.44. The molecule has 0 amide bonds. The van der Waals surface area contributed by atoms with E-state index in [9.17, 15) is 0 Å². The van der Waals surface area contributed by atoms with Crippen molar-refractivity contribution in [1.82, 2.24) is 15.1 Å². The Morgan fingerprint density at radius 1 is 1.14 bits per heavy atom. The third kappa shape index (κ3) is 4.71. The first-order valence-electron chi connectivity index (χ1n) is 8.02. The fourth-order valence-electron chi connectivity index (χ4n) is 2.65. The molecule has 0 saturated carbocycles. The molecule has 0 aliphatic heterocycles. The van der Waals surface area contributed by atoms with Crippen molar-refractivity contribution in [1.29, 1.82) is 0 Å². The van der Waals surface area contributed by atoms with E-state index in [0.717, 1.165) is 32.2 Å². The SMILES string of the molecule is CCCNC(Cc1ccccc1)Cc1cc(CC)nn1C. The molecule has 114 valence electrons. The smallest absolute Gasteiger partial charge is 0.0624 e. The Kier molecular flexibility index (Phi) is 6.00. The van der Waals surface area contributed by atoms with Gasteiger partial charge in [-0.2, -0.15) is 5.10 Å². The van der Waals surface area contributed by atoms with Crippen LogP contribution in [0.4, 0.5) is 0 Å². The van der Waals surface area contributed by atoms with Gasteiger partial charge in [0.15, 0.2) is 0 Å². The third-order valence-corrected chi connectivity index (χ3v) is 3.85. The highest BCUT2D eigenvalue weighted by molar-refractivity contribution is 5.18. The predicted molar refractivity (Wildman–Crippen MR) is 88.5 cm³/mol. The maximum atomic E-state index is 4.56. The van der Waals surface area contributed by atoms with E-state index < -0.39 is 0 Å². The van der Waals surface area contributed by atoms with E-state index in [-0.39, 0.29) is 0 Å². The molecule has 3 heteroatoms. The molecular formula is C18H27N3. The maximum absolute atomic E-state index is 4.56. The first-order chi connectivity index (χ1) is 10.2. The van der Waals surface area contributed by atoms with Crippen molar-refractivity contribution < 1.29 is 0 Å². The highest BCUT2D eigenvalue weighted by atomic mass is 15.3. The molecule has 0 fully saturated rings. The van der Waals surface area contributed by atoms with Crippen LogP contribution in [0.15, 0.2) is 36.4 Å². The number of nitrogens with one attached hydrogen (secondary N) is 1. The van der Waals surface area contributed by atoms with Gasteiger partial charge in [0, 0.05) is 25.2 Å². The molecular weight excluding hydrogens is 258 g/mol. The summed E-state index contributed by atoms with van der Waals surface area (Å²) in [7, 11) is 2.05. The van der Waals surface area contributed by atoms with Gasteiger partial charge in [0.2, 0.25) is 0 Å². The molecule has 0 saturated heterocycles. The van der Waals surface area contributed by atoms with E-state index in [4.69, 9.17) is 0 Å². The summed E-state index contributed by atoms with van der Waals surface area (Å²) in [6, 6.07) is 13.4. The minimum atomic E-state index is 0.465. The number of rotatable bonds is 8. The number of aryl methyl sites for hydroxylation is 2. The fraction of sp³-hybridized carbons (Fsp3) is 0.500. The van der Waals surface area contributed by atoms with Gasteiger partial charge in [-0.05, 0) is 37.4 Å². The molecule has 1 atom stereocenters. The molecule has 1 heterocycles. The van der Waals surface area contributed by atoms with Crippen LogP contribution in [-0.4, -0.2) is 22.4 Å². The first-order valence-corrected chi connectivity index (χ1v) is 8.02. The quantitative estimate of drug-likeness (QED) is 0.807. The van der Waals surface area contributed by atoms with Gasteiger partial charge >= 0.3 is 0 Å². The lowest BCUT2D eigenvalue weighted by molar-refractivity contribution is 0.490. The molecule has 0 spiro atoms. The average molecular weight is 285 g/mol. The minimum absolute atomic E-state index is 0.465. The van der Waals surface area contributed by atoms with Gasteiger partial charge in [-0.15, -0.1) is 0 Å². The monoisotopic (exact) mass is 285 g/mol. The number of nitrogens with zero attached hydrogens (tertiary/aromatic N) is 2. The molecule has 0 radical (unpaired) electrons. The van der Waals surface area contributed by atoms with Crippen molar-refractivity contribution in [2.45, 2.75) is 45.6 Å². The summed E-state index contributed by atoms with van der Waals surface area (Å²) in [6.07, 6.45) is 4.25. The molecule has 21 heavy (non-hydrogen) atoms. The zero-order valence-electron chi connectivity index (χ0n) is 13.5. The first kappa shape index (κ1) is 15.8. The Morgan fingerprint density at radius 2 is 1.90 bits per heavy atom. The molecule has 0 bridgehead atoms. The van der Waals surface area contributed by atoms with Crippen LogP contribution in [0.5, 0.6) is 0 Å². The molecule has 2 aromatic rings. The Bertz CT molecular complexity index is 531. The molecule has 3 nitrogen and oxygen atoms in total. The maximum Gasteiger partial charge on any atom is 0.0624 e. The second-order valence-electron chi connectivity index (χ2n) is 5.65. The number of hydrogen-bond donors (Lipinski definition) is 1. The van der Waals surface area contributed by atoms with E-state index in [1.165, 1.54) is 17.0 Å². The number of aromatic nitrogens is 2. The zero-order valence-corrected chi connectivity index (χ0v) is 13.5. The van der Waals surface area contributed by atoms with Gasteiger partial charge in [0.25, 0.3) is 0 Å². The average Bonchev–Trinajstić information content (AvgIpc) is 2.86. The molecule has 1 aromatic carbocycles. The van der Waals surface area contributed by atoms with Gasteiger partial charge in [-0.3, -0.25) is 4.68 Å². The predicted octanol–water partition coefficient (Wildman–Crippen LogP) is 3.14. The third-order valence-electron chi connectivity index (χ3n) is 3.85. The lowest BCUT2D eigenvalue weighted by Gasteiger charge is -2.18. The molecule has 0 aliphatic carbocycles. The largest absolute Gasteiger partial charge is 0.313 e. The topological polar surface area (TPSA) is 29.9 Å². The Hall–Kier alpha value is -1.61. The molecule has 1 unspecified atom stereocenters.